The zero-order valence-corrected chi connectivity index (χ0v) is 8.90. The molecule has 5 heteroatoms. The summed E-state index contributed by atoms with van der Waals surface area (Å²) < 4.78 is 1.57. The van der Waals surface area contributed by atoms with Gasteiger partial charge in [-0.15, -0.1) is 0 Å². The van der Waals surface area contributed by atoms with E-state index in [4.69, 9.17) is 0 Å². The molecule has 1 aromatic heterocycles. The maximum Gasteiger partial charge on any atom is 0.248 e. The van der Waals surface area contributed by atoms with Crippen LogP contribution in [-0.2, 0) is 11.3 Å². The highest BCUT2D eigenvalue weighted by Crippen LogP contribution is 2.08. The smallest absolute Gasteiger partial charge is 0.248 e. The first-order valence-electron chi connectivity index (χ1n) is 4.60. The molecule has 0 bridgehead atoms. The number of anilines is 1. The third kappa shape index (κ3) is 3.95. The van der Waals surface area contributed by atoms with Gasteiger partial charge < -0.3 is 10.4 Å². The van der Waals surface area contributed by atoms with Gasteiger partial charge in [0.1, 0.15) is 0 Å². The Morgan fingerprint density at radius 1 is 1.80 bits per heavy atom. The van der Waals surface area contributed by atoms with Crippen LogP contribution < -0.4 is 5.32 Å². The Hall–Kier alpha value is -1.62. The van der Waals surface area contributed by atoms with Crippen molar-refractivity contribution in [1.82, 2.24) is 9.78 Å². The molecular weight excluding hydrogens is 194 g/mol. The monoisotopic (exact) mass is 209 g/mol. The van der Waals surface area contributed by atoms with Crippen LogP contribution in [0.3, 0.4) is 0 Å². The maximum atomic E-state index is 10.9. The van der Waals surface area contributed by atoms with E-state index >= 15 is 0 Å². The molecule has 1 rings (SSSR count). The lowest BCUT2D eigenvalue weighted by Crippen LogP contribution is -2.26. The molecule has 0 spiro atoms. The van der Waals surface area contributed by atoms with Crippen molar-refractivity contribution < 1.29 is 9.90 Å². The van der Waals surface area contributed by atoms with Crippen LogP contribution in [0.1, 0.15) is 13.8 Å². The zero-order valence-electron chi connectivity index (χ0n) is 8.90. The quantitative estimate of drug-likeness (QED) is 0.720. The molecule has 1 heterocycles. The SMILES string of the molecule is C=CC(=O)Nc1ccn(CC(C)(C)O)n1. The van der Waals surface area contributed by atoms with Crippen LogP contribution in [0.4, 0.5) is 5.82 Å². The van der Waals surface area contributed by atoms with Gasteiger partial charge in [-0.05, 0) is 19.9 Å². The lowest BCUT2D eigenvalue weighted by molar-refractivity contribution is -0.111. The van der Waals surface area contributed by atoms with Gasteiger partial charge in [-0.25, -0.2) is 0 Å². The van der Waals surface area contributed by atoms with Crippen molar-refractivity contribution >= 4 is 11.7 Å². The standard InChI is InChI=1S/C10H15N3O2/c1-4-9(14)11-8-5-6-13(12-8)7-10(2,3)15/h4-6,15H,1,7H2,2-3H3,(H,11,12,14). The van der Waals surface area contributed by atoms with Crippen molar-refractivity contribution in [3.8, 4) is 0 Å². The predicted molar refractivity (Wildman–Crippen MR) is 57.4 cm³/mol. The van der Waals surface area contributed by atoms with Crippen molar-refractivity contribution in [1.29, 1.82) is 0 Å². The van der Waals surface area contributed by atoms with Crippen LogP contribution in [-0.4, -0.2) is 26.4 Å². The summed E-state index contributed by atoms with van der Waals surface area (Å²) in [6.45, 7) is 7.09. The number of rotatable bonds is 4. The topological polar surface area (TPSA) is 67.2 Å². The Morgan fingerprint density at radius 3 is 3.00 bits per heavy atom. The lowest BCUT2D eigenvalue weighted by atomic mass is 10.1. The number of nitrogens with one attached hydrogen (secondary N) is 1. The number of aromatic nitrogens is 2. The largest absolute Gasteiger partial charge is 0.389 e. The van der Waals surface area contributed by atoms with E-state index in [-0.39, 0.29) is 5.91 Å². The highest BCUT2D eigenvalue weighted by Gasteiger charge is 2.14. The molecule has 0 saturated heterocycles. The molecular formula is C10H15N3O2. The van der Waals surface area contributed by atoms with Gasteiger partial charge in [-0.1, -0.05) is 6.58 Å². The van der Waals surface area contributed by atoms with Crippen LogP contribution in [0.5, 0.6) is 0 Å². The fraction of sp³-hybridized carbons (Fsp3) is 0.400. The molecule has 0 aromatic carbocycles. The zero-order chi connectivity index (χ0) is 11.5. The Balaban J connectivity index is 2.64. The van der Waals surface area contributed by atoms with Crippen LogP contribution in [0, 0.1) is 0 Å². The van der Waals surface area contributed by atoms with E-state index in [1.54, 1.807) is 30.8 Å². The molecule has 0 aliphatic carbocycles. The van der Waals surface area contributed by atoms with Crippen molar-refractivity contribution in [3.63, 3.8) is 0 Å². The number of nitrogens with zero attached hydrogens (tertiary/aromatic N) is 2. The predicted octanol–water partition coefficient (Wildman–Crippen LogP) is 0.778. The summed E-state index contributed by atoms with van der Waals surface area (Å²) >= 11 is 0. The molecule has 0 saturated carbocycles. The van der Waals surface area contributed by atoms with Crippen molar-refractivity contribution in [3.05, 3.63) is 24.9 Å². The molecule has 0 aliphatic rings. The number of amides is 1. The second-order valence-electron chi connectivity index (χ2n) is 3.90. The fourth-order valence-corrected chi connectivity index (χ4v) is 1.09. The first kappa shape index (κ1) is 11.5. The Bertz CT molecular complexity index is 363. The minimum Gasteiger partial charge on any atom is -0.389 e. The van der Waals surface area contributed by atoms with E-state index < -0.39 is 5.60 Å². The summed E-state index contributed by atoms with van der Waals surface area (Å²) in [6, 6.07) is 1.66. The number of hydrogen-bond donors (Lipinski definition) is 2. The second-order valence-corrected chi connectivity index (χ2v) is 3.90. The number of hydrogen-bond acceptors (Lipinski definition) is 3. The van der Waals surface area contributed by atoms with Gasteiger partial charge in [0.2, 0.25) is 5.91 Å². The summed E-state index contributed by atoms with van der Waals surface area (Å²) in [5.41, 5.74) is -0.828. The second kappa shape index (κ2) is 4.27. The number of carbonyl (C=O) groups is 1. The van der Waals surface area contributed by atoms with Gasteiger partial charge >= 0.3 is 0 Å². The molecule has 0 atom stereocenters. The third-order valence-corrected chi connectivity index (χ3v) is 1.63. The Kier molecular flexibility index (Phi) is 3.26. The highest BCUT2D eigenvalue weighted by atomic mass is 16.3. The Labute approximate surface area is 88.4 Å². The number of carbonyl (C=O) groups excluding carboxylic acids is 1. The van der Waals surface area contributed by atoms with E-state index in [1.165, 1.54) is 6.08 Å². The molecule has 1 amide bonds. The molecule has 0 fully saturated rings. The lowest BCUT2D eigenvalue weighted by Gasteiger charge is -2.16. The highest BCUT2D eigenvalue weighted by molar-refractivity contribution is 5.98. The average Bonchev–Trinajstić information content (AvgIpc) is 2.49. The third-order valence-electron chi connectivity index (χ3n) is 1.63. The molecule has 0 unspecified atom stereocenters. The minimum atomic E-state index is -0.828. The molecule has 5 nitrogen and oxygen atoms in total. The van der Waals surface area contributed by atoms with Gasteiger partial charge in [0.05, 0.1) is 12.1 Å². The first-order valence-corrected chi connectivity index (χ1v) is 4.60. The van der Waals surface area contributed by atoms with E-state index in [2.05, 4.69) is 17.0 Å². The summed E-state index contributed by atoms with van der Waals surface area (Å²) in [4.78, 5) is 10.9. The van der Waals surface area contributed by atoms with Gasteiger partial charge in [0.25, 0.3) is 0 Å². The van der Waals surface area contributed by atoms with Gasteiger partial charge in [-0.3, -0.25) is 9.48 Å². The summed E-state index contributed by atoms with van der Waals surface area (Å²) in [5.74, 6) is 0.146. The minimum absolute atomic E-state index is 0.302. The van der Waals surface area contributed by atoms with Crippen LogP contribution >= 0.6 is 0 Å². The molecule has 2 N–H and O–H groups in total. The van der Waals surface area contributed by atoms with Gasteiger partial charge in [0.15, 0.2) is 5.82 Å². The Morgan fingerprint density at radius 2 is 2.47 bits per heavy atom. The van der Waals surface area contributed by atoms with Crippen LogP contribution in [0.25, 0.3) is 0 Å². The van der Waals surface area contributed by atoms with E-state index in [1.807, 2.05) is 0 Å². The first-order chi connectivity index (χ1) is 6.90. The molecule has 1 aromatic rings. The fourth-order valence-electron chi connectivity index (χ4n) is 1.09. The van der Waals surface area contributed by atoms with Crippen LogP contribution in [0.15, 0.2) is 24.9 Å². The van der Waals surface area contributed by atoms with Crippen molar-refractivity contribution in [2.24, 2.45) is 0 Å². The van der Waals surface area contributed by atoms with E-state index in [0.29, 0.717) is 12.4 Å². The normalized spacial score (nSPS) is 11.1. The van der Waals surface area contributed by atoms with Gasteiger partial charge in [-0.2, -0.15) is 5.10 Å². The summed E-state index contributed by atoms with van der Waals surface area (Å²) in [5, 5.41) is 16.1. The maximum absolute atomic E-state index is 10.9. The van der Waals surface area contributed by atoms with Crippen molar-refractivity contribution in [2.45, 2.75) is 26.0 Å². The molecule has 0 aliphatic heterocycles. The summed E-state index contributed by atoms with van der Waals surface area (Å²) in [7, 11) is 0. The van der Waals surface area contributed by atoms with E-state index in [9.17, 15) is 9.90 Å². The molecule has 0 radical (unpaired) electrons. The van der Waals surface area contributed by atoms with Crippen LogP contribution in [0.2, 0.25) is 0 Å². The van der Waals surface area contributed by atoms with E-state index in [0.717, 1.165) is 0 Å². The summed E-state index contributed by atoms with van der Waals surface area (Å²) in [6.07, 6.45) is 2.87. The van der Waals surface area contributed by atoms with Crippen molar-refractivity contribution in [2.75, 3.05) is 5.32 Å². The van der Waals surface area contributed by atoms with Gasteiger partial charge in [0, 0.05) is 12.3 Å². The molecule has 15 heavy (non-hydrogen) atoms. The molecule has 82 valence electrons. The average molecular weight is 209 g/mol. The number of aliphatic hydroxyl groups is 1.